The molecule has 0 bridgehead atoms. The van der Waals surface area contributed by atoms with E-state index in [1.54, 1.807) is 29.2 Å². The van der Waals surface area contributed by atoms with Gasteiger partial charge in [0.05, 0.1) is 15.2 Å². The van der Waals surface area contributed by atoms with Gasteiger partial charge in [0.15, 0.2) is 10.8 Å². The zero-order chi connectivity index (χ0) is 27.4. The number of ketones is 1. The summed E-state index contributed by atoms with van der Waals surface area (Å²) in [5.41, 5.74) is 1.85. The number of nitrogens with zero attached hydrogens (tertiary/aromatic N) is 1. The molecule has 1 amide bonds. The van der Waals surface area contributed by atoms with Crippen molar-refractivity contribution in [2.24, 2.45) is 11.3 Å². The van der Waals surface area contributed by atoms with Crippen LogP contribution in [0.25, 0.3) is 0 Å². The van der Waals surface area contributed by atoms with Crippen molar-refractivity contribution >= 4 is 61.9 Å². The van der Waals surface area contributed by atoms with E-state index in [4.69, 9.17) is 16.3 Å². The number of amides is 1. The Morgan fingerprint density at radius 1 is 1.21 bits per heavy atom. The minimum absolute atomic E-state index is 0.00884. The molecule has 0 fully saturated rings. The molecule has 0 saturated carbocycles. The van der Waals surface area contributed by atoms with Gasteiger partial charge >= 0.3 is 0 Å². The first-order valence-electron chi connectivity index (χ1n) is 12.4. The molecule has 1 atom stereocenters. The first-order valence-corrected chi connectivity index (χ1v) is 14.4. The Labute approximate surface area is 239 Å². The highest BCUT2D eigenvalue weighted by atomic mass is 79.9. The molecule has 0 spiro atoms. The van der Waals surface area contributed by atoms with E-state index < -0.39 is 6.04 Å². The molecular formula is C29H28BrClN2O4S. The van der Waals surface area contributed by atoms with Gasteiger partial charge in [0.25, 0.3) is 0 Å². The SMILES string of the molecule is CC(C)C(=O)N1c2cccc(O)c2NC2=C(C(=O)CC(C)(C)C2)C1c1cc(Cl)c(Oc2ccccc2Br)s1. The number of phenols is 1. The Morgan fingerprint density at radius 2 is 1.95 bits per heavy atom. The number of hydrogen-bond acceptors (Lipinski definition) is 6. The molecule has 9 heteroatoms. The Morgan fingerprint density at radius 3 is 2.66 bits per heavy atom. The zero-order valence-corrected chi connectivity index (χ0v) is 24.6. The molecule has 0 saturated heterocycles. The molecule has 6 nitrogen and oxygen atoms in total. The minimum atomic E-state index is -0.738. The fourth-order valence-electron chi connectivity index (χ4n) is 5.03. The molecule has 198 valence electrons. The molecule has 1 aliphatic carbocycles. The summed E-state index contributed by atoms with van der Waals surface area (Å²) in [5.74, 6) is 0.0327. The molecule has 2 N–H and O–H groups in total. The van der Waals surface area contributed by atoms with Gasteiger partial charge in [-0.05, 0) is 58.1 Å². The van der Waals surface area contributed by atoms with Gasteiger partial charge < -0.3 is 15.2 Å². The summed E-state index contributed by atoms with van der Waals surface area (Å²) in [6.07, 6.45) is 0.928. The first kappa shape index (κ1) is 26.8. The van der Waals surface area contributed by atoms with Crippen LogP contribution in [0.3, 0.4) is 0 Å². The lowest BCUT2D eigenvalue weighted by atomic mass is 9.74. The second kappa shape index (κ2) is 10.1. The highest BCUT2D eigenvalue weighted by molar-refractivity contribution is 9.10. The van der Waals surface area contributed by atoms with Crippen molar-refractivity contribution in [3.8, 4) is 16.6 Å². The highest BCUT2D eigenvalue weighted by Gasteiger charge is 2.45. The van der Waals surface area contributed by atoms with Crippen LogP contribution in [0.2, 0.25) is 5.02 Å². The van der Waals surface area contributed by atoms with Gasteiger partial charge in [0.2, 0.25) is 5.91 Å². The van der Waals surface area contributed by atoms with E-state index in [9.17, 15) is 14.7 Å². The van der Waals surface area contributed by atoms with E-state index in [0.29, 0.717) is 56.2 Å². The number of hydrogen-bond donors (Lipinski definition) is 2. The van der Waals surface area contributed by atoms with Crippen LogP contribution in [0.15, 0.2) is 64.3 Å². The monoisotopic (exact) mass is 614 g/mol. The van der Waals surface area contributed by atoms with E-state index in [1.165, 1.54) is 11.3 Å². The fourth-order valence-corrected chi connectivity index (χ4v) is 6.75. The zero-order valence-electron chi connectivity index (χ0n) is 21.5. The second-order valence-corrected chi connectivity index (χ2v) is 13.0. The summed E-state index contributed by atoms with van der Waals surface area (Å²) < 4.78 is 6.93. The number of rotatable bonds is 4. The molecular weight excluding hydrogens is 588 g/mol. The van der Waals surface area contributed by atoms with Crippen LogP contribution in [0.5, 0.6) is 16.6 Å². The first-order chi connectivity index (χ1) is 18.0. The maximum absolute atomic E-state index is 13.9. The number of ether oxygens (including phenoxy) is 1. The molecule has 1 aliphatic heterocycles. The number of carbonyl (C=O) groups is 2. The van der Waals surface area contributed by atoms with Crippen molar-refractivity contribution in [1.82, 2.24) is 0 Å². The van der Waals surface area contributed by atoms with Crippen molar-refractivity contribution in [2.45, 2.75) is 46.6 Å². The number of allylic oxidation sites excluding steroid dienone is 1. The maximum atomic E-state index is 13.9. The number of Topliss-reactive ketones (excluding diaryl/α,β-unsaturated/α-hetero) is 1. The lowest BCUT2D eigenvalue weighted by Crippen LogP contribution is -2.41. The molecule has 2 aromatic carbocycles. The Bertz CT molecular complexity index is 1480. The van der Waals surface area contributed by atoms with E-state index in [0.717, 1.165) is 4.47 Å². The summed E-state index contributed by atoms with van der Waals surface area (Å²) in [7, 11) is 0. The molecule has 1 unspecified atom stereocenters. The predicted octanol–water partition coefficient (Wildman–Crippen LogP) is 8.46. The van der Waals surface area contributed by atoms with Crippen LogP contribution < -0.4 is 15.0 Å². The van der Waals surface area contributed by atoms with Gasteiger partial charge in [-0.1, -0.05) is 68.8 Å². The van der Waals surface area contributed by atoms with Crippen molar-refractivity contribution in [3.63, 3.8) is 0 Å². The predicted molar refractivity (Wildman–Crippen MR) is 155 cm³/mol. The molecule has 2 aliphatic rings. The number of phenolic OH excluding ortho intramolecular Hbond substituents is 1. The van der Waals surface area contributed by atoms with E-state index in [1.807, 2.05) is 52.0 Å². The molecule has 2 heterocycles. The number of thiophene rings is 1. The molecule has 5 rings (SSSR count). The van der Waals surface area contributed by atoms with Gasteiger partial charge in [-0.15, -0.1) is 0 Å². The van der Waals surface area contributed by atoms with Crippen LogP contribution in [-0.4, -0.2) is 16.8 Å². The number of fused-ring (bicyclic) bond motifs is 1. The molecule has 0 radical (unpaired) electrons. The number of nitrogens with one attached hydrogen (secondary N) is 1. The van der Waals surface area contributed by atoms with Crippen molar-refractivity contribution in [2.75, 3.05) is 10.2 Å². The van der Waals surface area contributed by atoms with Crippen LogP contribution in [0.1, 0.15) is 51.5 Å². The van der Waals surface area contributed by atoms with Crippen LogP contribution in [0.4, 0.5) is 11.4 Å². The summed E-state index contributed by atoms with van der Waals surface area (Å²) in [5, 5.41) is 15.1. The third-order valence-corrected chi connectivity index (χ3v) is 8.84. The summed E-state index contributed by atoms with van der Waals surface area (Å²) in [6, 6.07) is 13.6. The third kappa shape index (κ3) is 4.85. The van der Waals surface area contributed by atoms with Crippen LogP contribution in [0, 0.1) is 11.3 Å². The smallest absolute Gasteiger partial charge is 0.230 e. The highest BCUT2D eigenvalue weighted by Crippen LogP contribution is 2.53. The third-order valence-electron chi connectivity index (χ3n) is 6.72. The number of aromatic hydroxyl groups is 1. The van der Waals surface area contributed by atoms with E-state index in [-0.39, 0.29) is 28.8 Å². The maximum Gasteiger partial charge on any atom is 0.230 e. The van der Waals surface area contributed by atoms with Gasteiger partial charge in [0, 0.05) is 28.5 Å². The lowest BCUT2D eigenvalue weighted by molar-refractivity contribution is -0.122. The quantitative estimate of drug-likeness (QED) is 0.288. The van der Waals surface area contributed by atoms with Crippen molar-refractivity contribution in [3.05, 3.63) is 74.2 Å². The standard InChI is InChI=1S/C29H28BrClN2O4S/c1-15(2)27(36)33-19-9-7-10-20(34)25(19)32-18-13-29(3,4)14-21(35)24(18)26(33)23-12-17(31)28(38-23)37-22-11-6-5-8-16(22)30/h5-12,15,26,32,34H,13-14H2,1-4H3. The average molecular weight is 616 g/mol. The molecule has 3 aromatic rings. The van der Waals surface area contributed by atoms with Gasteiger partial charge in [-0.25, -0.2) is 0 Å². The number of benzene rings is 2. The van der Waals surface area contributed by atoms with Crippen LogP contribution in [-0.2, 0) is 9.59 Å². The Balaban J connectivity index is 1.73. The fraction of sp³-hybridized carbons (Fsp3) is 0.310. The summed E-state index contributed by atoms with van der Waals surface area (Å²) in [4.78, 5) is 30.0. The number of para-hydroxylation sites is 2. The van der Waals surface area contributed by atoms with Gasteiger partial charge in [0.1, 0.15) is 23.2 Å². The van der Waals surface area contributed by atoms with Gasteiger partial charge in [-0.3, -0.25) is 14.5 Å². The topological polar surface area (TPSA) is 78.9 Å². The second-order valence-electron chi connectivity index (χ2n) is 10.7. The number of carbonyl (C=O) groups excluding carboxylic acids is 2. The lowest BCUT2D eigenvalue weighted by Gasteiger charge is -2.37. The minimum Gasteiger partial charge on any atom is -0.506 e. The normalized spacial score (nSPS) is 18.6. The number of anilines is 2. The van der Waals surface area contributed by atoms with Gasteiger partial charge in [-0.2, -0.15) is 0 Å². The van der Waals surface area contributed by atoms with Crippen LogP contribution >= 0.6 is 38.9 Å². The molecule has 38 heavy (non-hydrogen) atoms. The Hall–Kier alpha value is -2.81. The summed E-state index contributed by atoms with van der Waals surface area (Å²) in [6.45, 7) is 7.74. The summed E-state index contributed by atoms with van der Waals surface area (Å²) >= 11 is 11.5. The van der Waals surface area contributed by atoms with E-state index in [2.05, 4.69) is 21.2 Å². The average Bonchev–Trinajstić information content (AvgIpc) is 3.11. The van der Waals surface area contributed by atoms with E-state index >= 15 is 0 Å². The Kier molecular flexibility index (Phi) is 7.09. The largest absolute Gasteiger partial charge is 0.506 e. The number of halogens is 2. The molecule has 1 aromatic heterocycles. The van der Waals surface area contributed by atoms with Crippen molar-refractivity contribution in [1.29, 1.82) is 0 Å². The van der Waals surface area contributed by atoms with Crippen molar-refractivity contribution < 1.29 is 19.4 Å².